The number of hydrogen-bond acceptors (Lipinski definition) is 7. The highest BCUT2D eigenvalue weighted by Gasteiger charge is 2.46. The summed E-state index contributed by atoms with van der Waals surface area (Å²) in [6.07, 6.45) is -8.25. The Bertz CT molecular complexity index is 275. The Morgan fingerprint density at radius 2 is 1.69 bits per heavy atom. The second kappa shape index (κ2) is 5.05. The van der Waals surface area contributed by atoms with Gasteiger partial charge in [0.2, 0.25) is 0 Å². The molecule has 1 heterocycles. The van der Waals surface area contributed by atoms with Crippen LogP contribution in [0.2, 0.25) is 0 Å². The molecule has 1 rings (SSSR count). The number of hydrogen-bond donors (Lipinski definition) is 6. The molecule has 6 N–H and O–H groups in total. The Balaban J connectivity index is 2.75. The van der Waals surface area contributed by atoms with Crippen LogP contribution in [0.3, 0.4) is 0 Å². The molecule has 9 nitrogen and oxygen atoms in total. The van der Waals surface area contributed by atoms with Crippen LogP contribution in [0, 0.1) is 0 Å². The van der Waals surface area contributed by atoms with Crippen molar-refractivity contribution < 1.29 is 44.0 Å². The van der Waals surface area contributed by atoms with Crippen molar-refractivity contribution in [1.82, 2.24) is 0 Å². The normalized spacial score (nSPS) is 41.0. The topological polar surface area (TPSA) is 157 Å². The Morgan fingerprint density at radius 1 is 1.12 bits per heavy atom. The van der Waals surface area contributed by atoms with Crippen LogP contribution in [0.5, 0.6) is 0 Å². The number of rotatable bonds is 3. The predicted octanol–water partition coefficient (Wildman–Crippen LogP) is -3.10. The van der Waals surface area contributed by atoms with Gasteiger partial charge in [-0.2, -0.15) is 0 Å². The molecule has 96 valence electrons. The number of ether oxygens (including phenoxy) is 1. The van der Waals surface area contributed by atoms with Crippen LogP contribution in [0.25, 0.3) is 0 Å². The molecular weight excluding hydrogens is 247 g/mol. The number of phosphoric ester groups is 1. The minimum Gasteiger partial charge on any atom is -0.394 e. The number of aliphatic hydroxyl groups excluding tert-OH is 4. The molecule has 0 saturated carbocycles. The molecule has 0 bridgehead atoms. The maximum atomic E-state index is 10.5. The lowest BCUT2D eigenvalue weighted by atomic mass is 10.00. The first-order valence-electron chi connectivity index (χ1n) is 4.30. The van der Waals surface area contributed by atoms with Gasteiger partial charge in [0, 0.05) is 0 Å². The van der Waals surface area contributed by atoms with Crippen molar-refractivity contribution >= 4 is 7.82 Å². The molecule has 1 fully saturated rings. The van der Waals surface area contributed by atoms with Crippen LogP contribution in [-0.4, -0.2) is 67.5 Å². The summed E-state index contributed by atoms with van der Waals surface area (Å²) in [5.41, 5.74) is 0. The Hall–Kier alpha value is -0.0900. The third-order valence-electron chi connectivity index (χ3n) is 2.09. The van der Waals surface area contributed by atoms with Crippen molar-refractivity contribution in [2.75, 3.05) is 6.61 Å². The second-order valence-electron chi connectivity index (χ2n) is 3.29. The van der Waals surface area contributed by atoms with Crippen LogP contribution in [-0.2, 0) is 13.8 Å². The molecule has 1 unspecified atom stereocenters. The highest BCUT2D eigenvalue weighted by atomic mass is 31.2. The molecular formula is C6H13O9P. The summed E-state index contributed by atoms with van der Waals surface area (Å²) >= 11 is 0. The Kier molecular flexibility index (Phi) is 4.41. The fraction of sp³-hybridized carbons (Fsp3) is 1.00. The van der Waals surface area contributed by atoms with E-state index in [0.717, 1.165) is 0 Å². The highest BCUT2D eigenvalue weighted by molar-refractivity contribution is 7.46. The molecule has 1 aliphatic rings. The van der Waals surface area contributed by atoms with Crippen molar-refractivity contribution in [3.8, 4) is 0 Å². The Morgan fingerprint density at radius 3 is 2.12 bits per heavy atom. The van der Waals surface area contributed by atoms with E-state index in [2.05, 4.69) is 9.26 Å². The van der Waals surface area contributed by atoms with Gasteiger partial charge in [0.25, 0.3) is 0 Å². The molecule has 0 amide bonds. The van der Waals surface area contributed by atoms with E-state index in [-0.39, 0.29) is 0 Å². The lowest BCUT2D eigenvalue weighted by Gasteiger charge is -2.39. The van der Waals surface area contributed by atoms with Crippen molar-refractivity contribution in [2.45, 2.75) is 30.7 Å². The van der Waals surface area contributed by atoms with Gasteiger partial charge in [0.15, 0.2) is 6.29 Å². The highest BCUT2D eigenvalue weighted by Crippen LogP contribution is 2.40. The zero-order valence-electron chi connectivity index (χ0n) is 7.95. The smallest absolute Gasteiger partial charge is 0.394 e. The van der Waals surface area contributed by atoms with E-state index in [1.165, 1.54) is 0 Å². The van der Waals surface area contributed by atoms with Crippen molar-refractivity contribution in [3.05, 3.63) is 0 Å². The third kappa shape index (κ3) is 3.20. The lowest BCUT2D eigenvalue weighted by molar-refractivity contribution is -0.280. The van der Waals surface area contributed by atoms with Gasteiger partial charge in [-0.15, -0.1) is 0 Å². The quantitative estimate of drug-likeness (QED) is 0.289. The first-order valence-corrected chi connectivity index (χ1v) is 5.83. The summed E-state index contributed by atoms with van der Waals surface area (Å²) in [5, 5.41) is 36.6. The third-order valence-corrected chi connectivity index (χ3v) is 2.57. The van der Waals surface area contributed by atoms with Crippen molar-refractivity contribution in [1.29, 1.82) is 0 Å². The van der Waals surface area contributed by atoms with E-state index < -0.39 is 45.1 Å². The minimum absolute atomic E-state index is 0.702. The van der Waals surface area contributed by atoms with Crippen molar-refractivity contribution in [2.24, 2.45) is 0 Å². The maximum Gasteiger partial charge on any atom is 0.472 e. The number of aliphatic hydroxyl groups is 4. The van der Waals surface area contributed by atoms with Crippen molar-refractivity contribution in [3.63, 3.8) is 0 Å². The van der Waals surface area contributed by atoms with E-state index in [4.69, 9.17) is 14.9 Å². The van der Waals surface area contributed by atoms with E-state index >= 15 is 0 Å². The zero-order valence-corrected chi connectivity index (χ0v) is 8.84. The minimum atomic E-state index is -4.91. The van der Waals surface area contributed by atoms with Gasteiger partial charge >= 0.3 is 7.82 Å². The summed E-state index contributed by atoms with van der Waals surface area (Å²) in [7, 11) is -4.91. The summed E-state index contributed by atoms with van der Waals surface area (Å²) in [6, 6.07) is 0. The van der Waals surface area contributed by atoms with E-state index in [0.29, 0.717) is 0 Å². The molecule has 0 spiro atoms. The fourth-order valence-corrected chi connectivity index (χ4v) is 1.73. The first-order chi connectivity index (χ1) is 7.26. The first kappa shape index (κ1) is 14.0. The van der Waals surface area contributed by atoms with E-state index in [1.807, 2.05) is 0 Å². The lowest BCUT2D eigenvalue weighted by Crippen LogP contribution is -2.58. The maximum absolute atomic E-state index is 10.5. The van der Waals surface area contributed by atoms with Gasteiger partial charge in [0.1, 0.15) is 24.4 Å². The monoisotopic (exact) mass is 260 g/mol. The van der Waals surface area contributed by atoms with Gasteiger partial charge in [-0.25, -0.2) is 4.57 Å². The summed E-state index contributed by atoms with van der Waals surface area (Å²) < 4.78 is 19.2. The molecule has 5 atom stereocenters. The van der Waals surface area contributed by atoms with Gasteiger partial charge in [-0.1, -0.05) is 0 Å². The van der Waals surface area contributed by atoms with Gasteiger partial charge in [-0.3, -0.25) is 4.52 Å². The van der Waals surface area contributed by atoms with Gasteiger partial charge in [-0.05, 0) is 0 Å². The fourth-order valence-electron chi connectivity index (χ4n) is 1.29. The van der Waals surface area contributed by atoms with Crippen LogP contribution in [0.1, 0.15) is 0 Å². The second-order valence-corrected chi connectivity index (χ2v) is 4.49. The summed E-state index contributed by atoms with van der Waals surface area (Å²) in [6.45, 7) is -0.702. The van der Waals surface area contributed by atoms with Crippen LogP contribution in [0.15, 0.2) is 0 Å². The largest absolute Gasteiger partial charge is 0.472 e. The molecule has 0 aromatic rings. The summed E-state index contributed by atoms with van der Waals surface area (Å²) in [4.78, 5) is 17.0. The van der Waals surface area contributed by atoms with Crippen LogP contribution < -0.4 is 0 Å². The molecule has 16 heavy (non-hydrogen) atoms. The predicted molar refractivity (Wildman–Crippen MR) is 46.9 cm³/mol. The molecule has 0 radical (unpaired) electrons. The average molecular weight is 260 g/mol. The molecule has 1 aliphatic heterocycles. The standard InChI is InChI=1S/C6H13O9P/c7-1-2-3(8)4(9)5(10)6(14-2)15-16(11,12)13/h2-10H,1H2,(H2,11,12,13)/t2-,3+,4?,5-,6-/m1/s1. The molecule has 0 aromatic carbocycles. The van der Waals surface area contributed by atoms with E-state index in [9.17, 15) is 19.9 Å². The molecule has 0 aromatic heterocycles. The molecule has 1 saturated heterocycles. The Labute approximate surface area is 90.1 Å². The van der Waals surface area contributed by atoms with Crippen LogP contribution in [0.4, 0.5) is 0 Å². The summed E-state index contributed by atoms with van der Waals surface area (Å²) in [5.74, 6) is 0. The van der Waals surface area contributed by atoms with Crippen LogP contribution >= 0.6 is 7.82 Å². The zero-order chi connectivity index (χ0) is 12.5. The van der Waals surface area contributed by atoms with Gasteiger partial charge < -0.3 is 34.9 Å². The average Bonchev–Trinajstić information content (AvgIpc) is 2.17. The number of phosphoric acid groups is 1. The molecule has 0 aliphatic carbocycles. The molecule has 10 heteroatoms. The van der Waals surface area contributed by atoms with Gasteiger partial charge in [0.05, 0.1) is 6.61 Å². The SMILES string of the molecule is O=P(O)(O)O[C@H]1O[C@H](CO)[C@H](O)C(O)[C@H]1O. The van der Waals surface area contributed by atoms with E-state index in [1.54, 1.807) is 0 Å².